The van der Waals surface area contributed by atoms with E-state index in [-0.39, 0.29) is 0 Å². The minimum atomic E-state index is 0.783. The maximum Gasteiger partial charge on any atom is 0.0933 e. The minimum Gasteiger partial charge on any atom is -0.379 e. The van der Waals surface area contributed by atoms with Gasteiger partial charge in [0.1, 0.15) is 0 Å². The molecule has 0 unspecified atom stereocenters. The second-order valence-corrected chi connectivity index (χ2v) is 5.09. The van der Waals surface area contributed by atoms with Gasteiger partial charge < -0.3 is 10.3 Å². The van der Waals surface area contributed by atoms with Gasteiger partial charge in [0.25, 0.3) is 0 Å². The van der Waals surface area contributed by atoms with Crippen LogP contribution in [-0.2, 0) is 6.54 Å². The Morgan fingerprint density at radius 3 is 2.86 bits per heavy atom. The number of nitrogens with one attached hydrogen (secondary N) is 2. The summed E-state index contributed by atoms with van der Waals surface area (Å²) in [4.78, 5) is 7.72. The maximum atomic E-state index is 4.48. The molecule has 0 aliphatic heterocycles. The van der Waals surface area contributed by atoms with Crippen LogP contribution in [0.5, 0.6) is 0 Å². The summed E-state index contributed by atoms with van der Waals surface area (Å²) >= 11 is 0. The van der Waals surface area contributed by atoms with E-state index in [1.165, 1.54) is 16.5 Å². The lowest BCUT2D eigenvalue weighted by molar-refractivity contribution is 1.17. The molecule has 0 saturated heterocycles. The predicted octanol–water partition coefficient (Wildman–Crippen LogP) is 4.33. The van der Waals surface area contributed by atoms with Crippen LogP contribution in [0.15, 0.2) is 67.0 Å². The Bertz CT molecular complexity index is 903. The zero-order valence-electron chi connectivity index (χ0n) is 11.5. The normalized spacial score (nSPS) is 11.0. The topological polar surface area (TPSA) is 40.7 Å². The van der Waals surface area contributed by atoms with Crippen molar-refractivity contribution in [3.63, 3.8) is 0 Å². The molecule has 2 N–H and O–H groups in total. The molecule has 0 amide bonds. The Morgan fingerprint density at radius 1 is 0.952 bits per heavy atom. The number of rotatable bonds is 3. The monoisotopic (exact) mass is 273 g/mol. The van der Waals surface area contributed by atoms with Crippen molar-refractivity contribution in [3.8, 4) is 0 Å². The standard InChI is InChI=1S/C18H15N3/c1-4-13-6-3-10-20-18(13)17(8-1)21-12-14-5-2-7-16-15(14)9-11-19-16/h1-11,19,21H,12H2. The molecule has 0 aliphatic carbocycles. The zero-order valence-corrected chi connectivity index (χ0v) is 11.5. The summed E-state index contributed by atoms with van der Waals surface area (Å²) < 4.78 is 0. The quantitative estimate of drug-likeness (QED) is 0.583. The first-order valence-corrected chi connectivity index (χ1v) is 7.04. The van der Waals surface area contributed by atoms with E-state index in [2.05, 4.69) is 63.8 Å². The first-order chi connectivity index (χ1) is 10.4. The Kier molecular flexibility index (Phi) is 2.82. The lowest BCUT2D eigenvalue weighted by Gasteiger charge is -2.10. The van der Waals surface area contributed by atoms with Crippen LogP contribution < -0.4 is 5.32 Å². The lowest BCUT2D eigenvalue weighted by atomic mass is 10.1. The van der Waals surface area contributed by atoms with Crippen LogP contribution in [0.3, 0.4) is 0 Å². The summed E-state index contributed by atoms with van der Waals surface area (Å²) in [6, 6.07) is 18.7. The average molecular weight is 273 g/mol. The number of benzene rings is 2. The number of pyridine rings is 1. The molecule has 102 valence electrons. The fourth-order valence-corrected chi connectivity index (χ4v) is 2.74. The molecule has 0 aliphatic rings. The van der Waals surface area contributed by atoms with E-state index in [0.29, 0.717) is 0 Å². The number of aromatic nitrogens is 2. The van der Waals surface area contributed by atoms with Crippen LogP contribution in [0.25, 0.3) is 21.8 Å². The number of para-hydroxylation sites is 1. The minimum absolute atomic E-state index is 0.783. The Balaban J connectivity index is 1.68. The lowest BCUT2D eigenvalue weighted by Crippen LogP contribution is -2.00. The molecule has 2 aromatic heterocycles. The molecule has 3 nitrogen and oxygen atoms in total. The average Bonchev–Trinajstić information content (AvgIpc) is 3.02. The molecule has 2 aromatic carbocycles. The SMILES string of the molecule is c1cnc2c(NCc3cccc4[nH]ccc34)cccc2c1. The van der Waals surface area contributed by atoms with Gasteiger partial charge in [0.2, 0.25) is 0 Å². The molecular weight excluding hydrogens is 258 g/mol. The zero-order chi connectivity index (χ0) is 14.1. The van der Waals surface area contributed by atoms with E-state index in [9.17, 15) is 0 Å². The first-order valence-electron chi connectivity index (χ1n) is 7.04. The van der Waals surface area contributed by atoms with Crippen molar-refractivity contribution in [2.45, 2.75) is 6.54 Å². The highest BCUT2D eigenvalue weighted by molar-refractivity contribution is 5.90. The fraction of sp³-hybridized carbons (Fsp3) is 0.0556. The fourth-order valence-electron chi connectivity index (χ4n) is 2.74. The molecule has 2 heterocycles. The van der Waals surface area contributed by atoms with Gasteiger partial charge in [-0.3, -0.25) is 4.98 Å². The largest absolute Gasteiger partial charge is 0.379 e. The third kappa shape index (κ3) is 2.13. The molecule has 4 aromatic rings. The molecule has 21 heavy (non-hydrogen) atoms. The second-order valence-electron chi connectivity index (χ2n) is 5.09. The van der Waals surface area contributed by atoms with E-state index < -0.39 is 0 Å². The molecule has 3 heteroatoms. The third-order valence-electron chi connectivity index (χ3n) is 3.79. The molecule has 0 bridgehead atoms. The number of hydrogen-bond acceptors (Lipinski definition) is 2. The van der Waals surface area contributed by atoms with Crippen molar-refractivity contribution in [2.24, 2.45) is 0 Å². The number of H-pyrrole nitrogens is 1. The van der Waals surface area contributed by atoms with Crippen molar-refractivity contribution in [2.75, 3.05) is 5.32 Å². The summed E-state index contributed by atoms with van der Waals surface area (Å²) in [6.07, 6.45) is 3.81. The smallest absolute Gasteiger partial charge is 0.0933 e. The van der Waals surface area contributed by atoms with Crippen molar-refractivity contribution >= 4 is 27.5 Å². The summed E-state index contributed by atoms with van der Waals surface area (Å²) in [5.41, 5.74) is 4.54. The van der Waals surface area contributed by atoms with Gasteiger partial charge in [-0.25, -0.2) is 0 Å². The van der Waals surface area contributed by atoms with Gasteiger partial charge in [-0.05, 0) is 29.8 Å². The van der Waals surface area contributed by atoms with Crippen molar-refractivity contribution in [3.05, 3.63) is 72.6 Å². The summed E-state index contributed by atoms with van der Waals surface area (Å²) in [5.74, 6) is 0. The van der Waals surface area contributed by atoms with Gasteiger partial charge in [0, 0.05) is 35.2 Å². The van der Waals surface area contributed by atoms with Crippen molar-refractivity contribution in [1.82, 2.24) is 9.97 Å². The van der Waals surface area contributed by atoms with Gasteiger partial charge in [-0.2, -0.15) is 0 Å². The van der Waals surface area contributed by atoms with Crippen molar-refractivity contribution < 1.29 is 0 Å². The predicted molar refractivity (Wildman–Crippen MR) is 87.4 cm³/mol. The molecule has 0 fully saturated rings. The number of nitrogens with zero attached hydrogens (tertiary/aromatic N) is 1. The van der Waals surface area contributed by atoms with E-state index >= 15 is 0 Å². The maximum absolute atomic E-state index is 4.48. The highest BCUT2D eigenvalue weighted by Gasteiger charge is 2.04. The highest BCUT2D eigenvalue weighted by Crippen LogP contribution is 2.23. The van der Waals surface area contributed by atoms with Crippen LogP contribution in [0, 0.1) is 0 Å². The van der Waals surface area contributed by atoms with Gasteiger partial charge >= 0.3 is 0 Å². The molecule has 0 spiro atoms. The van der Waals surface area contributed by atoms with E-state index in [4.69, 9.17) is 0 Å². The third-order valence-corrected chi connectivity index (χ3v) is 3.79. The van der Waals surface area contributed by atoms with E-state index in [1.807, 2.05) is 18.5 Å². The van der Waals surface area contributed by atoms with Crippen LogP contribution in [0.2, 0.25) is 0 Å². The number of aromatic amines is 1. The van der Waals surface area contributed by atoms with Crippen LogP contribution in [0.1, 0.15) is 5.56 Å². The summed E-state index contributed by atoms with van der Waals surface area (Å²) in [6.45, 7) is 0.783. The van der Waals surface area contributed by atoms with Gasteiger partial charge in [0.15, 0.2) is 0 Å². The molecule has 0 atom stereocenters. The van der Waals surface area contributed by atoms with Crippen molar-refractivity contribution in [1.29, 1.82) is 0 Å². The van der Waals surface area contributed by atoms with Gasteiger partial charge in [0.05, 0.1) is 11.2 Å². The first kappa shape index (κ1) is 12.0. The number of fused-ring (bicyclic) bond motifs is 2. The summed E-state index contributed by atoms with van der Waals surface area (Å²) in [5, 5.41) is 5.93. The Hall–Kier alpha value is -2.81. The molecule has 4 rings (SSSR count). The molecule has 0 saturated carbocycles. The van der Waals surface area contributed by atoms with Gasteiger partial charge in [-0.15, -0.1) is 0 Å². The number of anilines is 1. The Morgan fingerprint density at radius 2 is 1.86 bits per heavy atom. The highest BCUT2D eigenvalue weighted by atomic mass is 14.9. The van der Waals surface area contributed by atoms with Crippen LogP contribution in [-0.4, -0.2) is 9.97 Å². The second kappa shape index (κ2) is 4.94. The van der Waals surface area contributed by atoms with Gasteiger partial charge in [-0.1, -0.05) is 30.3 Å². The van der Waals surface area contributed by atoms with Crippen LogP contribution in [0.4, 0.5) is 5.69 Å². The number of hydrogen-bond donors (Lipinski definition) is 2. The van der Waals surface area contributed by atoms with E-state index in [0.717, 1.165) is 23.1 Å². The molecular formula is C18H15N3. The summed E-state index contributed by atoms with van der Waals surface area (Å²) in [7, 11) is 0. The molecule has 0 radical (unpaired) electrons. The van der Waals surface area contributed by atoms with E-state index in [1.54, 1.807) is 0 Å². The van der Waals surface area contributed by atoms with Crippen LogP contribution >= 0.6 is 0 Å². The Labute approximate surface area is 122 Å².